The molecule has 20 heteroatoms. The van der Waals surface area contributed by atoms with Crippen molar-refractivity contribution in [3.63, 3.8) is 0 Å². The van der Waals surface area contributed by atoms with Crippen LogP contribution in [0.4, 0.5) is 11.6 Å². The molecule has 0 aromatic carbocycles. The van der Waals surface area contributed by atoms with Crippen LogP contribution in [0.2, 0.25) is 0 Å². The number of aliphatic hydroxyl groups excluding tert-OH is 4. The number of aromatic nitrogens is 8. The van der Waals surface area contributed by atoms with Crippen molar-refractivity contribution in [3.05, 3.63) is 25.3 Å². The maximum atomic E-state index is 11.9. The third kappa shape index (κ3) is 5.49. The predicted octanol–water partition coefficient (Wildman–Crippen LogP) is -2.76. The summed E-state index contributed by atoms with van der Waals surface area (Å²) in [5.41, 5.74) is 13.0. The van der Waals surface area contributed by atoms with Crippen molar-refractivity contribution in [2.24, 2.45) is 0 Å². The molecule has 236 valence electrons. The molecular weight excluding hydrogens is 602 g/mol. The van der Waals surface area contributed by atoms with E-state index >= 15 is 0 Å². The first-order chi connectivity index (χ1) is 21.2. The number of ether oxygens (including phenoxy) is 2. The molecule has 0 unspecified atom stereocenters. The summed E-state index contributed by atoms with van der Waals surface area (Å²) in [4.78, 5) is 36.3. The highest BCUT2D eigenvalue weighted by Gasteiger charge is 2.45. The molecule has 2 saturated heterocycles. The fourth-order valence-electron chi connectivity index (χ4n) is 5.31. The van der Waals surface area contributed by atoms with Gasteiger partial charge in [-0.25, -0.2) is 29.9 Å². The highest BCUT2D eigenvalue weighted by molar-refractivity contribution is 7.99. The molecule has 19 nitrogen and oxygen atoms in total. The largest absolute Gasteiger partial charge is 0.480 e. The molecule has 0 saturated carbocycles. The molecule has 0 amide bonds. The molecule has 6 rings (SSSR count). The van der Waals surface area contributed by atoms with Crippen molar-refractivity contribution in [3.8, 4) is 0 Å². The molecule has 10 N–H and O–H groups in total. The summed E-state index contributed by atoms with van der Waals surface area (Å²) >= 11 is 1.34. The van der Waals surface area contributed by atoms with Gasteiger partial charge in [-0.3, -0.25) is 13.9 Å². The molecule has 2 fully saturated rings. The number of aliphatic carboxylic acids is 1. The van der Waals surface area contributed by atoms with Crippen LogP contribution in [-0.4, -0.2) is 131 Å². The Balaban J connectivity index is 1.00. The Morgan fingerprint density at radius 1 is 0.841 bits per heavy atom. The van der Waals surface area contributed by atoms with E-state index in [0.29, 0.717) is 28.1 Å². The van der Waals surface area contributed by atoms with Gasteiger partial charge in [0, 0.05) is 12.3 Å². The number of rotatable bonds is 11. The van der Waals surface area contributed by atoms with Crippen molar-refractivity contribution in [1.29, 1.82) is 0 Å². The van der Waals surface area contributed by atoms with E-state index in [1.54, 1.807) is 0 Å². The van der Waals surface area contributed by atoms with Crippen molar-refractivity contribution < 1.29 is 39.8 Å². The van der Waals surface area contributed by atoms with E-state index in [4.69, 9.17) is 20.9 Å². The lowest BCUT2D eigenvalue weighted by molar-refractivity contribution is -0.139. The topological polar surface area (TPSA) is 288 Å². The van der Waals surface area contributed by atoms with Gasteiger partial charge in [0.15, 0.2) is 35.4 Å². The Hall–Kier alpha value is -3.76. The number of anilines is 2. The smallest absolute Gasteiger partial charge is 0.320 e. The molecule has 4 aromatic rings. The van der Waals surface area contributed by atoms with Crippen LogP contribution in [0.25, 0.3) is 22.3 Å². The fraction of sp³-hybridized carbons (Fsp3) is 0.542. The number of nitrogens with two attached hydrogens (primary N) is 2. The molecule has 9 atom stereocenters. The zero-order valence-electron chi connectivity index (χ0n) is 22.9. The third-order valence-electron chi connectivity index (χ3n) is 7.69. The van der Waals surface area contributed by atoms with E-state index in [-0.39, 0.29) is 30.4 Å². The van der Waals surface area contributed by atoms with Crippen molar-refractivity contribution >= 4 is 51.7 Å². The van der Waals surface area contributed by atoms with Crippen LogP contribution in [0.1, 0.15) is 18.9 Å². The first-order valence-electron chi connectivity index (χ1n) is 13.6. The van der Waals surface area contributed by atoms with Gasteiger partial charge in [-0.05, 0) is 12.2 Å². The minimum Gasteiger partial charge on any atom is -0.480 e. The van der Waals surface area contributed by atoms with Crippen LogP contribution >= 0.6 is 11.8 Å². The first kappa shape index (κ1) is 30.3. The minimum absolute atomic E-state index is 0.0641. The highest BCUT2D eigenvalue weighted by atomic mass is 32.2. The van der Waals surface area contributed by atoms with E-state index < -0.39 is 61.1 Å². The summed E-state index contributed by atoms with van der Waals surface area (Å²) in [6.45, 7) is -0.0641. The van der Waals surface area contributed by atoms with Gasteiger partial charge in [0.2, 0.25) is 0 Å². The third-order valence-corrected chi connectivity index (χ3v) is 8.78. The average Bonchev–Trinajstić information content (AvgIpc) is 3.76. The van der Waals surface area contributed by atoms with Crippen molar-refractivity contribution in [2.45, 2.75) is 61.5 Å². The number of nitrogens with zero attached hydrogens (tertiary/aromatic N) is 8. The van der Waals surface area contributed by atoms with Crippen LogP contribution in [0.3, 0.4) is 0 Å². The second kappa shape index (κ2) is 12.3. The number of nitrogen functional groups attached to an aromatic ring is 2. The lowest BCUT2D eigenvalue weighted by Gasteiger charge is -2.20. The molecule has 4 aromatic heterocycles. The molecule has 0 bridgehead atoms. The number of thioether (sulfide) groups is 1. The van der Waals surface area contributed by atoms with Crippen LogP contribution in [0.5, 0.6) is 0 Å². The molecular formula is C24H31N11O8S. The van der Waals surface area contributed by atoms with Gasteiger partial charge < -0.3 is 51.8 Å². The van der Waals surface area contributed by atoms with Crippen LogP contribution in [0.15, 0.2) is 25.3 Å². The van der Waals surface area contributed by atoms with E-state index in [1.165, 1.54) is 46.2 Å². The first-order valence-corrected chi connectivity index (χ1v) is 14.7. The Morgan fingerprint density at radius 3 is 1.91 bits per heavy atom. The molecule has 44 heavy (non-hydrogen) atoms. The average molecular weight is 634 g/mol. The second-order valence-corrected chi connectivity index (χ2v) is 11.6. The molecule has 0 aliphatic carbocycles. The molecule has 2 aliphatic rings. The summed E-state index contributed by atoms with van der Waals surface area (Å²) < 4.78 is 14.7. The van der Waals surface area contributed by atoms with Gasteiger partial charge >= 0.3 is 5.97 Å². The highest BCUT2D eigenvalue weighted by Crippen LogP contribution is 2.34. The summed E-state index contributed by atoms with van der Waals surface area (Å²) in [5, 5.41) is 55.1. The predicted molar refractivity (Wildman–Crippen MR) is 153 cm³/mol. The minimum atomic E-state index is -1.34. The van der Waals surface area contributed by atoms with Crippen LogP contribution in [0, 0.1) is 0 Å². The number of imidazole rings is 2. The van der Waals surface area contributed by atoms with E-state index in [1.807, 2.05) is 0 Å². The summed E-state index contributed by atoms with van der Waals surface area (Å²) in [7, 11) is 0. The SMILES string of the molecule is Nc1ncnc2c1ncn2[C@@H]1O[C@H](CN[C@@H](CCSC[C@H]2O[C@@H](n3cnc4c(N)ncnc43)[C@H](O)[C@@H]2O)C(=O)O)[C@@H](O)[C@H]1O. The Morgan fingerprint density at radius 2 is 1.36 bits per heavy atom. The normalized spacial score (nSPS) is 29.5. The molecule has 2 aliphatic heterocycles. The van der Waals surface area contributed by atoms with Gasteiger partial charge in [0.25, 0.3) is 0 Å². The maximum absolute atomic E-state index is 11.9. The number of carbonyl (C=O) groups is 1. The lowest BCUT2D eigenvalue weighted by atomic mass is 10.1. The molecule has 0 radical (unpaired) electrons. The standard InChI is InChI=1S/C24H31N11O8S/c25-18-12-20(30-5-28-18)34(7-32-12)22-16(38)14(36)10(42-22)3-27-9(24(40)41)1-2-44-4-11-15(37)17(39)23(43-11)35-8-33-13-19(26)29-6-31-21(13)35/h5-11,14-17,22-23,27,36-39H,1-4H2,(H,40,41)(H2,25,28,30)(H2,26,29,31)/t9-,10+,11+,14+,15+,16+,17+,22+,23+/m0/s1. The van der Waals surface area contributed by atoms with Crippen LogP contribution < -0.4 is 16.8 Å². The number of fused-ring (bicyclic) bond motifs is 2. The number of carboxylic acid groups (broad SMARTS) is 1. The van der Waals surface area contributed by atoms with Crippen LogP contribution in [-0.2, 0) is 14.3 Å². The summed E-state index contributed by atoms with van der Waals surface area (Å²) in [6, 6.07) is -0.994. The van der Waals surface area contributed by atoms with E-state index in [0.717, 1.165) is 0 Å². The zero-order valence-corrected chi connectivity index (χ0v) is 23.8. The van der Waals surface area contributed by atoms with Crippen molar-refractivity contribution in [2.75, 3.05) is 29.5 Å². The lowest BCUT2D eigenvalue weighted by Crippen LogP contribution is -2.45. The number of aliphatic hydroxyl groups is 4. The number of nitrogens with one attached hydrogen (secondary N) is 1. The van der Waals surface area contributed by atoms with Gasteiger partial charge in [-0.1, -0.05) is 0 Å². The van der Waals surface area contributed by atoms with E-state index in [2.05, 4.69) is 35.2 Å². The fourth-order valence-corrected chi connectivity index (χ4v) is 6.39. The number of carboxylic acids is 1. The monoisotopic (exact) mass is 633 g/mol. The van der Waals surface area contributed by atoms with Gasteiger partial charge in [-0.15, -0.1) is 0 Å². The Labute approximate surface area is 252 Å². The summed E-state index contributed by atoms with van der Waals surface area (Å²) in [5.74, 6) is -0.136. The second-order valence-electron chi connectivity index (χ2n) is 10.4. The quantitative estimate of drug-likeness (QED) is 0.0776. The summed E-state index contributed by atoms with van der Waals surface area (Å²) in [6.07, 6.45) is -3.29. The number of hydrogen-bond acceptors (Lipinski definition) is 17. The Kier molecular flexibility index (Phi) is 8.48. The molecule has 0 spiro atoms. The number of hydrogen-bond donors (Lipinski definition) is 8. The van der Waals surface area contributed by atoms with Gasteiger partial charge in [0.1, 0.15) is 60.2 Å². The van der Waals surface area contributed by atoms with Gasteiger partial charge in [0.05, 0.1) is 18.8 Å². The Bertz CT molecular complexity index is 1640. The molecule has 6 heterocycles. The van der Waals surface area contributed by atoms with E-state index in [9.17, 15) is 30.3 Å². The van der Waals surface area contributed by atoms with Crippen molar-refractivity contribution in [1.82, 2.24) is 44.4 Å². The zero-order chi connectivity index (χ0) is 31.1. The maximum Gasteiger partial charge on any atom is 0.320 e. The van der Waals surface area contributed by atoms with Gasteiger partial charge in [-0.2, -0.15) is 11.8 Å².